The molecule has 4 nitrogen and oxygen atoms in total. The van der Waals surface area contributed by atoms with Crippen LogP contribution in [0.5, 0.6) is 0 Å². The average molecular weight is 300 g/mol. The van der Waals surface area contributed by atoms with Crippen LogP contribution in [0.2, 0.25) is 5.02 Å². The quantitative estimate of drug-likeness (QED) is 0.878. The van der Waals surface area contributed by atoms with Crippen molar-refractivity contribution in [2.24, 2.45) is 5.41 Å². The fourth-order valence-corrected chi connectivity index (χ4v) is 3.29. The predicted molar refractivity (Wildman–Crippen MR) is 82.4 cm³/mol. The summed E-state index contributed by atoms with van der Waals surface area (Å²) in [6, 6.07) is 0. The third kappa shape index (κ3) is 2.87. The van der Waals surface area contributed by atoms with E-state index in [4.69, 9.17) is 16.3 Å². The van der Waals surface area contributed by atoms with Crippen LogP contribution >= 0.6 is 11.6 Å². The van der Waals surface area contributed by atoms with Crippen LogP contribution < -0.4 is 5.32 Å². The van der Waals surface area contributed by atoms with Crippen molar-refractivity contribution in [1.82, 2.24) is 15.1 Å². The summed E-state index contributed by atoms with van der Waals surface area (Å²) in [6.45, 7) is 12.0. The summed E-state index contributed by atoms with van der Waals surface area (Å²) in [4.78, 5) is 0. The molecule has 1 aromatic rings. The average Bonchev–Trinajstić information content (AvgIpc) is 2.92. The van der Waals surface area contributed by atoms with Gasteiger partial charge in [-0.15, -0.1) is 0 Å². The standard InChI is InChI=1S/C15H26ClN3O/c1-5-17-10-15(7-8-20-12(15)4)9-13-14(16)11(3)18-19(13)6-2/h12,17H,5-10H2,1-4H3. The van der Waals surface area contributed by atoms with Gasteiger partial charge >= 0.3 is 0 Å². The van der Waals surface area contributed by atoms with Gasteiger partial charge in [-0.05, 0) is 33.7 Å². The summed E-state index contributed by atoms with van der Waals surface area (Å²) >= 11 is 6.47. The van der Waals surface area contributed by atoms with Crippen molar-refractivity contribution >= 4 is 11.6 Å². The highest BCUT2D eigenvalue weighted by molar-refractivity contribution is 6.31. The van der Waals surface area contributed by atoms with Crippen LogP contribution in [-0.4, -0.2) is 35.6 Å². The Morgan fingerprint density at radius 1 is 1.50 bits per heavy atom. The van der Waals surface area contributed by atoms with Gasteiger partial charge in [0, 0.05) is 31.5 Å². The van der Waals surface area contributed by atoms with Gasteiger partial charge < -0.3 is 10.1 Å². The topological polar surface area (TPSA) is 39.1 Å². The van der Waals surface area contributed by atoms with Gasteiger partial charge in [0.1, 0.15) is 0 Å². The number of halogens is 1. The molecule has 1 aromatic heterocycles. The Labute approximate surface area is 126 Å². The van der Waals surface area contributed by atoms with Crippen molar-refractivity contribution in [3.05, 3.63) is 16.4 Å². The number of hydrogen-bond donors (Lipinski definition) is 1. The molecule has 0 aromatic carbocycles. The maximum Gasteiger partial charge on any atom is 0.0847 e. The normalized spacial score (nSPS) is 26.4. The molecule has 2 rings (SSSR count). The number of aromatic nitrogens is 2. The molecule has 2 heterocycles. The molecule has 0 radical (unpaired) electrons. The molecule has 114 valence electrons. The Bertz CT molecular complexity index is 460. The number of nitrogens with zero attached hydrogens (tertiary/aromatic N) is 2. The molecule has 20 heavy (non-hydrogen) atoms. The Morgan fingerprint density at radius 2 is 2.25 bits per heavy atom. The van der Waals surface area contributed by atoms with Gasteiger partial charge in [0.25, 0.3) is 0 Å². The molecular formula is C15H26ClN3O. The van der Waals surface area contributed by atoms with Gasteiger partial charge in [-0.2, -0.15) is 5.10 Å². The minimum absolute atomic E-state index is 0.124. The summed E-state index contributed by atoms with van der Waals surface area (Å²) in [5, 5.41) is 8.84. The number of aryl methyl sites for hydroxylation is 2. The highest BCUT2D eigenvalue weighted by atomic mass is 35.5. The highest BCUT2D eigenvalue weighted by Gasteiger charge is 2.42. The van der Waals surface area contributed by atoms with E-state index < -0.39 is 0 Å². The van der Waals surface area contributed by atoms with E-state index in [0.29, 0.717) is 0 Å². The van der Waals surface area contributed by atoms with Crippen molar-refractivity contribution in [1.29, 1.82) is 0 Å². The van der Waals surface area contributed by atoms with E-state index in [0.717, 1.165) is 55.5 Å². The molecule has 1 aliphatic heterocycles. The lowest BCUT2D eigenvalue weighted by Gasteiger charge is -2.32. The molecule has 0 aliphatic carbocycles. The maximum atomic E-state index is 6.47. The SMILES string of the molecule is CCNCC1(Cc2c(Cl)c(C)nn2CC)CCOC1C. The van der Waals surface area contributed by atoms with Crippen LogP contribution in [-0.2, 0) is 17.7 Å². The first kappa shape index (κ1) is 15.8. The monoisotopic (exact) mass is 299 g/mol. The Kier molecular flexibility index (Phi) is 5.10. The van der Waals surface area contributed by atoms with E-state index in [9.17, 15) is 0 Å². The van der Waals surface area contributed by atoms with E-state index in [-0.39, 0.29) is 11.5 Å². The van der Waals surface area contributed by atoms with Crippen molar-refractivity contribution in [2.75, 3.05) is 19.7 Å². The first-order valence-electron chi connectivity index (χ1n) is 7.58. The molecule has 1 aliphatic rings. The Balaban J connectivity index is 2.28. The smallest absolute Gasteiger partial charge is 0.0847 e. The lowest BCUT2D eigenvalue weighted by Crippen LogP contribution is -2.41. The Morgan fingerprint density at radius 3 is 2.80 bits per heavy atom. The lowest BCUT2D eigenvalue weighted by molar-refractivity contribution is 0.0623. The molecular weight excluding hydrogens is 274 g/mol. The minimum Gasteiger partial charge on any atom is -0.378 e. The maximum absolute atomic E-state index is 6.47. The van der Waals surface area contributed by atoms with Gasteiger partial charge in [-0.25, -0.2) is 0 Å². The fraction of sp³-hybridized carbons (Fsp3) is 0.800. The second-order valence-corrected chi connectivity index (χ2v) is 6.12. The van der Waals surface area contributed by atoms with Crippen LogP contribution in [0.1, 0.15) is 38.6 Å². The highest BCUT2D eigenvalue weighted by Crippen LogP contribution is 2.39. The summed E-state index contributed by atoms with van der Waals surface area (Å²) in [6.07, 6.45) is 2.25. The Hall–Kier alpha value is -0.580. The fourth-order valence-electron chi connectivity index (χ4n) is 3.09. The molecule has 1 N–H and O–H groups in total. The van der Waals surface area contributed by atoms with Crippen molar-refractivity contribution in [3.63, 3.8) is 0 Å². The molecule has 2 unspecified atom stereocenters. The summed E-state index contributed by atoms with van der Waals surface area (Å²) < 4.78 is 7.88. The zero-order chi connectivity index (χ0) is 14.8. The minimum atomic E-state index is 0.124. The molecule has 0 amide bonds. The second kappa shape index (κ2) is 6.46. The van der Waals surface area contributed by atoms with E-state index in [2.05, 4.69) is 31.2 Å². The molecule has 2 atom stereocenters. The summed E-state index contributed by atoms with van der Waals surface area (Å²) in [5.41, 5.74) is 2.20. The van der Waals surface area contributed by atoms with E-state index in [1.807, 2.05) is 11.6 Å². The van der Waals surface area contributed by atoms with Crippen molar-refractivity contribution in [2.45, 2.75) is 53.2 Å². The zero-order valence-corrected chi connectivity index (χ0v) is 13.8. The van der Waals surface area contributed by atoms with Crippen LogP contribution in [0.4, 0.5) is 0 Å². The van der Waals surface area contributed by atoms with Crippen molar-refractivity contribution < 1.29 is 4.74 Å². The molecule has 0 bridgehead atoms. The molecule has 1 saturated heterocycles. The largest absolute Gasteiger partial charge is 0.378 e. The van der Waals surface area contributed by atoms with E-state index in [1.54, 1.807) is 0 Å². The van der Waals surface area contributed by atoms with Crippen LogP contribution in [0.15, 0.2) is 0 Å². The number of nitrogens with one attached hydrogen (secondary N) is 1. The molecule has 5 heteroatoms. The van der Waals surface area contributed by atoms with Gasteiger partial charge in [0.2, 0.25) is 0 Å². The van der Waals surface area contributed by atoms with Gasteiger partial charge in [0.15, 0.2) is 0 Å². The second-order valence-electron chi connectivity index (χ2n) is 5.74. The first-order chi connectivity index (χ1) is 9.54. The van der Waals surface area contributed by atoms with Gasteiger partial charge in [-0.3, -0.25) is 4.68 Å². The number of ether oxygens (including phenoxy) is 1. The van der Waals surface area contributed by atoms with E-state index >= 15 is 0 Å². The van der Waals surface area contributed by atoms with Crippen LogP contribution in [0.3, 0.4) is 0 Å². The molecule has 0 spiro atoms. The van der Waals surface area contributed by atoms with Crippen LogP contribution in [0, 0.1) is 12.3 Å². The van der Waals surface area contributed by atoms with Crippen LogP contribution in [0.25, 0.3) is 0 Å². The van der Waals surface area contributed by atoms with Gasteiger partial charge in [0.05, 0.1) is 22.5 Å². The summed E-state index contributed by atoms with van der Waals surface area (Å²) in [7, 11) is 0. The molecule has 1 fully saturated rings. The lowest BCUT2D eigenvalue weighted by atomic mass is 9.77. The zero-order valence-electron chi connectivity index (χ0n) is 13.0. The van der Waals surface area contributed by atoms with Crippen molar-refractivity contribution in [3.8, 4) is 0 Å². The predicted octanol–water partition coefficient (Wildman–Crippen LogP) is 2.81. The number of hydrogen-bond acceptors (Lipinski definition) is 3. The van der Waals surface area contributed by atoms with Gasteiger partial charge in [-0.1, -0.05) is 18.5 Å². The third-order valence-electron chi connectivity index (χ3n) is 4.53. The summed E-state index contributed by atoms with van der Waals surface area (Å²) in [5.74, 6) is 0. The molecule has 0 saturated carbocycles. The van der Waals surface area contributed by atoms with E-state index in [1.165, 1.54) is 0 Å². The third-order valence-corrected chi connectivity index (χ3v) is 5.02. The first-order valence-corrected chi connectivity index (χ1v) is 7.96. The number of rotatable bonds is 6.